The lowest BCUT2D eigenvalue weighted by atomic mass is 10.1. The molecule has 1 aromatic carbocycles. The Morgan fingerprint density at radius 1 is 1.21 bits per heavy atom. The van der Waals surface area contributed by atoms with Crippen molar-refractivity contribution in [2.45, 2.75) is 58.9 Å². The van der Waals surface area contributed by atoms with Crippen molar-refractivity contribution in [2.75, 3.05) is 11.9 Å². The molecule has 1 unspecified atom stereocenters. The molecule has 0 bridgehead atoms. The first-order chi connectivity index (χ1) is 9.21. The SMILES string of the molecule is CCCCC(CC)Nc1ccc(OCCC)c(Cl)c1. The van der Waals surface area contributed by atoms with E-state index in [4.69, 9.17) is 16.3 Å². The second-order valence-electron chi connectivity index (χ2n) is 4.89. The average Bonchev–Trinajstić information content (AvgIpc) is 2.42. The van der Waals surface area contributed by atoms with Crippen LogP contribution < -0.4 is 10.1 Å². The summed E-state index contributed by atoms with van der Waals surface area (Å²) in [5.41, 5.74) is 1.08. The van der Waals surface area contributed by atoms with Crippen LogP contribution in [0.5, 0.6) is 5.75 Å². The van der Waals surface area contributed by atoms with Crippen molar-refractivity contribution in [1.82, 2.24) is 0 Å². The zero-order chi connectivity index (χ0) is 14.1. The van der Waals surface area contributed by atoms with Crippen molar-refractivity contribution in [3.8, 4) is 5.75 Å². The van der Waals surface area contributed by atoms with E-state index in [0.717, 1.165) is 24.3 Å². The summed E-state index contributed by atoms with van der Waals surface area (Å²) < 4.78 is 5.58. The third-order valence-corrected chi connectivity index (χ3v) is 3.46. The quantitative estimate of drug-likeness (QED) is 0.645. The van der Waals surface area contributed by atoms with Crippen LogP contribution >= 0.6 is 11.6 Å². The molecular formula is C16H26ClNO. The van der Waals surface area contributed by atoms with E-state index in [1.807, 2.05) is 18.2 Å². The molecule has 0 aliphatic carbocycles. The minimum absolute atomic E-state index is 0.526. The van der Waals surface area contributed by atoms with Crippen LogP contribution in [0.25, 0.3) is 0 Å². The first-order valence-electron chi connectivity index (χ1n) is 7.40. The van der Waals surface area contributed by atoms with E-state index < -0.39 is 0 Å². The highest BCUT2D eigenvalue weighted by Crippen LogP contribution is 2.28. The number of ether oxygens (including phenoxy) is 1. The number of benzene rings is 1. The second kappa shape index (κ2) is 9.08. The van der Waals surface area contributed by atoms with Crippen LogP contribution in [0.4, 0.5) is 5.69 Å². The molecule has 1 aromatic rings. The number of hydrogen-bond acceptors (Lipinski definition) is 2. The van der Waals surface area contributed by atoms with Gasteiger partial charge in [-0.25, -0.2) is 0 Å². The van der Waals surface area contributed by atoms with Crippen LogP contribution in [0.2, 0.25) is 5.02 Å². The van der Waals surface area contributed by atoms with Gasteiger partial charge in [0.15, 0.2) is 0 Å². The van der Waals surface area contributed by atoms with Crippen LogP contribution in [0.1, 0.15) is 52.9 Å². The van der Waals surface area contributed by atoms with E-state index in [-0.39, 0.29) is 0 Å². The minimum atomic E-state index is 0.526. The van der Waals surface area contributed by atoms with E-state index in [2.05, 4.69) is 26.1 Å². The van der Waals surface area contributed by atoms with Crippen molar-refractivity contribution in [3.05, 3.63) is 23.2 Å². The third-order valence-electron chi connectivity index (χ3n) is 3.16. The molecule has 0 aliphatic rings. The molecule has 0 fully saturated rings. The smallest absolute Gasteiger partial charge is 0.138 e. The summed E-state index contributed by atoms with van der Waals surface area (Å²) in [6, 6.07) is 6.48. The summed E-state index contributed by atoms with van der Waals surface area (Å²) in [5, 5.41) is 4.23. The summed E-state index contributed by atoms with van der Waals surface area (Å²) in [5.74, 6) is 0.774. The van der Waals surface area contributed by atoms with E-state index in [1.54, 1.807) is 0 Å². The van der Waals surface area contributed by atoms with Crippen LogP contribution in [0.15, 0.2) is 18.2 Å². The molecule has 0 saturated heterocycles. The van der Waals surface area contributed by atoms with Gasteiger partial charge < -0.3 is 10.1 Å². The van der Waals surface area contributed by atoms with Gasteiger partial charge in [-0.1, -0.05) is 45.2 Å². The number of halogens is 1. The van der Waals surface area contributed by atoms with Crippen molar-refractivity contribution in [1.29, 1.82) is 0 Å². The number of anilines is 1. The summed E-state index contributed by atoms with van der Waals surface area (Å²) >= 11 is 6.23. The summed E-state index contributed by atoms with van der Waals surface area (Å²) in [6.07, 6.45) is 5.83. The maximum absolute atomic E-state index is 6.23. The first kappa shape index (κ1) is 16.2. The molecule has 108 valence electrons. The fourth-order valence-electron chi connectivity index (χ4n) is 1.98. The molecule has 0 spiro atoms. The molecule has 0 heterocycles. The molecule has 3 heteroatoms. The highest BCUT2D eigenvalue weighted by atomic mass is 35.5. The van der Waals surface area contributed by atoms with Crippen LogP contribution in [-0.4, -0.2) is 12.6 Å². The Labute approximate surface area is 122 Å². The maximum atomic E-state index is 6.23. The predicted octanol–water partition coefficient (Wildman–Crippen LogP) is 5.51. The third kappa shape index (κ3) is 5.73. The molecule has 0 aromatic heterocycles. The number of rotatable bonds is 9. The first-order valence-corrected chi connectivity index (χ1v) is 7.77. The standard InChI is InChI=1S/C16H26ClNO/c1-4-7-8-13(6-3)18-14-9-10-16(15(17)12-14)19-11-5-2/h9-10,12-13,18H,4-8,11H2,1-3H3. The van der Waals surface area contributed by atoms with Gasteiger partial charge in [0, 0.05) is 11.7 Å². The Morgan fingerprint density at radius 3 is 2.58 bits per heavy atom. The molecule has 0 saturated carbocycles. The van der Waals surface area contributed by atoms with Crippen LogP contribution in [0.3, 0.4) is 0 Å². The average molecular weight is 284 g/mol. The molecular weight excluding hydrogens is 258 g/mol. The molecule has 0 aliphatic heterocycles. The molecule has 1 rings (SSSR count). The van der Waals surface area contributed by atoms with Gasteiger partial charge in [0.25, 0.3) is 0 Å². The molecule has 19 heavy (non-hydrogen) atoms. The van der Waals surface area contributed by atoms with Gasteiger partial charge in [-0.2, -0.15) is 0 Å². The lowest BCUT2D eigenvalue weighted by molar-refractivity contribution is 0.317. The number of hydrogen-bond donors (Lipinski definition) is 1. The van der Waals surface area contributed by atoms with Gasteiger partial charge in [0.05, 0.1) is 11.6 Å². The lowest BCUT2D eigenvalue weighted by Gasteiger charge is -2.18. The molecule has 2 nitrogen and oxygen atoms in total. The molecule has 0 amide bonds. The van der Waals surface area contributed by atoms with Crippen LogP contribution in [0, 0.1) is 0 Å². The van der Waals surface area contributed by atoms with Gasteiger partial charge in [0.1, 0.15) is 5.75 Å². The van der Waals surface area contributed by atoms with E-state index >= 15 is 0 Å². The van der Waals surface area contributed by atoms with E-state index in [9.17, 15) is 0 Å². The number of unbranched alkanes of at least 4 members (excludes halogenated alkanes) is 1. The van der Waals surface area contributed by atoms with Gasteiger partial charge in [-0.15, -0.1) is 0 Å². The van der Waals surface area contributed by atoms with Crippen molar-refractivity contribution in [2.24, 2.45) is 0 Å². The Morgan fingerprint density at radius 2 is 2.00 bits per heavy atom. The van der Waals surface area contributed by atoms with Gasteiger partial charge in [0.2, 0.25) is 0 Å². The van der Waals surface area contributed by atoms with Crippen molar-refractivity contribution < 1.29 is 4.74 Å². The Hall–Kier alpha value is -0.890. The van der Waals surface area contributed by atoms with Crippen molar-refractivity contribution in [3.63, 3.8) is 0 Å². The molecule has 0 radical (unpaired) electrons. The molecule has 1 N–H and O–H groups in total. The van der Waals surface area contributed by atoms with Crippen LogP contribution in [-0.2, 0) is 0 Å². The Bertz CT molecular complexity index is 368. The zero-order valence-corrected chi connectivity index (χ0v) is 13.1. The second-order valence-corrected chi connectivity index (χ2v) is 5.29. The Balaban J connectivity index is 2.60. The zero-order valence-electron chi connectivity index (χ0n) is 12.3. The van der Waals surface area contributed by atoms with E-state index in [0.29, 0.717) is 17.7 Å². The fraction of sp³-hybridized carbons (Fsp3) is 0.625. The van der Waals surface area contributed by atoms with Gasteiger partial charge >= 0.3 is 0 Å². The summed E-state index contributed by atoms with van der Waals surface area (Å²) in [4.78, 5) is 0. The normalized spacial score (nSPS) is 12.2. The molecule has 1 atom stereocenters. The summed E-state index contributed by atoms with van der Waals surface area (Å²) in [6.45, 7) is 7.24. The summed E-state index contributed by atoms with van der Waals surface area (Å²) in [7, 11) is 0. The van der Waals surface area contributed by atoms with Gasteiger partial charge in [-0.3, -0.25) is 0 Å². The lowest BCUT2D eigenvalue weighted by Crippen LogP contribution is -2.18. The van der Waals surface area contributed by atoms with E-state index in [1.165, 1.54) is 19.3 Å². The topological polar surface area (TPSA) is 21.3 Å². The van der Waals surface area contributed by atoms with Gasteiger partial charge in [-0.05, 0) is 37.5 Å². The highest BCUT2D eigenvalue weighted by molar-refractivity contribution is 6.32. The monoisotopic (exact) mass is 283 g/mol. The van der Waals surface area contributed by atoms with Crippen molar-refractivity contribution >= 4 is 17.3 Å². The number of nitrogens with one attached hydrogen (secondary N) is 1. The maximum Gasteiger partial charge on any atom is 0.138 e. The predicted molar refractivity (Wildman–Crippen MR) is 84.5 cm³/mol. The largest absolute Gasteiger partial charge is 0.492 e. The fourth-order valence-corrected chi connectivity index (χ4v) is 2.22. The Kier molecular flexibility index (Phi) is 7.73. The minimum Gasteiger partial charge on any atom is -0.492 e. The highest BCUT2D eigenvalue weighted by Gasteiger charge is 2.07.